The van der Waals surface area contributed by atoms with E-state index in [0.717, 1.165) is 35.5 Å². The molecule has 0 heterocycles. The van der Waals surface area contributed by atoms with Crippen LogP contribution < -0.4 is 9.47 Å². The molecule has 2 rings (SSSR count). The van der Waals surface area contributed by atoms with Crippen LogP contribution >= 0.6 is 0 Å². The van der Waals surface area contributed by atoms with E-state index in [1.54, 1.807) is 7.11 Å². The van der Waals surface area contributed by atoms with Gasteiger partial charge in [0.25, 0.3) is 0 Å². The zero-order chi connectivity index (χ0) is 15.8. The maximum atomic E-state index is 6.20. The second-order valence-electron chi connectivity index (χ2n) is 6.69. The lowest BCUT2D eigenvalue weighted by Crippen LogP contribution is -2.20. The van der Waals surface area contributed by atoms with Gasteiger partial charge < -0.3 is 9.47 Å². The van der Waals surface area contributed by atoms with Gasteiger partial charge in [-0.2, -0.15) is 0 Å². The fourth-order valence-electron chi connectivity index (χ4n) is 3.71. The molecule has 0 N–H and O–H groups in total. The molecule has 0 aromatic heterocycles. The summed E-state index contributed by atoms with van der Waals surface area (Å²) < 4.78 is 11.6. The first kappa shape index (κ1) is 17.2. The summed E-state index contributed by atoms with van der Waals surface area (Å²) in [7, 11) is 1.72. The van der Waals surface area contributed by atoms with Gasteiger partial charge in [0.15, 0.2) is 0 Å². The van der Waals surface area contributed by atoms with Crippen LogP contribution in [0, 0.1) is 18.8 Å². The third kappa shape index (κ3) is 4.66. The molecule has 2 nitrogen and oxygen atoms in total. The highest BCUT2D eigenvalue weighted by atomic mass is 16.5. The van der Waals surface area contributed by atoms with Crippen molar-refractivity contribution in [2.24, 2.45) is 11.8 Å². The number of methoxy groups -OCH3 is 1. The molecule has 0 bridgehead atoms. The van der Waals surface area contributed by atoms with Crippen molar-refractivity contribution in [3.63, 3.8) is 0 Å². The topological polar surface area (TPSA) is 18.5 Å². The lowest BCUT2D eigenvalue weighted by molar-refractivity contribution is 0.181. The first-order valence-corrected chi connectivity index (χ1v) is 9.02. The third-order valence-corrected chi connectivity index (χ3v) is 5.15. The van der Waals surface area contributed by atoms with Crippen LogP contribution in [0.4, 0.5) is 0 Å². The van der Waals surface area contributed by atoms with Crippen LogP contribution in [0.25, 0.3) is 0 Å². The fourth-order valence-corrected chi connectivity index (χ4v) is 3.71. The second-order valence-corrected chi connectivity index (χ2v) is 6.69. The molecule has 1 aliphatic rings. The lowest BCUT2D eigenvalue weighted by Gasteiger charge is -2.24. The van der Waals surface area contributed by atoms with Gasteiger partial charge >= 0.3 is 0 Å². The summed E-state index contributed by atoms with van der Waals surface area (Å²) in [6.45, 7) is 5.22. The van der Waals surface area contributed by atoms with E-state index < -0.39 is 0 Å². The van der Waals surface area contributed by atoms with E-state index in [0.29, 0.717) is 0 Å². The molecule has 124 valence electrons. The van der Waals surface area contributed by atoms with Gasteiger partial charge in [-0.15, -0.1) is 0 Å². The lowest BCUT2D eigenvalue weighted by atomic mass is 9.87. The number of benzene rings is 1. The van der Waals surface area contributed by atoms with E-state index in [1.807, 2.05) is 12.1 Å². The van der Waals surface area contributed by atoms with Crippen molar-refractivity contribution >= 4 is 0 Å². The van der Waals surface area contributed by atoms with Crippen LogP contribution in [0.5, 0.6) is 11.5 Å². The van der Waals surface area contributed by atoms with Gasteiger partial charge in [-0.3, -0.25) is 0 Å². The highest BCUT2D eigenvalue weighted by Gasteiger charge is 2.25. The normalized spacial score (nSPS) is 16.7. The Morgan fingerprint density at radius 1 is 1.14 bits per heavy atom. The maximum absolute atomic E-state index is 6.20. The van der Waals surface area contributed by atoms with Crippen LogP contribution in [0.2, 0.25) is 0 Å². The van der Waals surface area contributed by atoms with E-state index >= 15 is 0 Å². The summed E-state index contributed by atoms with van der Waals surface area (Å²) in [6, 6.07) is 6.08. The van der Waals surface area contributed by atoms with Gasteiger partial charge in [0.1, 0.15) is 11.5 Å². The summed E-state index contributed by atoms with van der Waals surface area (Å²) >= 11 is 0. The van der Waals surface area contributed by atoms with Crippen molar-refractivity contribution in [3.8, 4) is 11.5 Å². The van der Waals surface area contributed by atoms with Crippen LogP contribution in [-0.4, -0.2) is 13.7 Å². The van der Waals surface area contributed by atoms with Crippen LogP contribution in [0.3, 0.4) is 0 Å². The zero-order valence-corrected chi connectivity index (χ0v) is 14.6. The number of ether oxygens (including phenoxy) is 2. The van der Waals surface area contributed by atoms with Crippen LogP contribution in [-0.2, 0) is 0 Å². The van der Waals surface area contributed by atoms with Gasteiger partial charge in [0.2, 0.25) is 0 Å². The minimum atomic E-state index is 0.722. The van der Waals surface area contributed by atoms with Crippen LogP contribution in [0.15, 0.2) is 18.2 Å². The quantitative estimate of drug-likeness (QED) is 0.539. The molecule has 0 aliphatic heterocycles. The highest BCUT2D eigenvalue weighted by molar-refractivity contribution is 5.43. The molecule has 1 atom stereocenters. The Bertz CT molecular complexity index is 435. The van der Waals surface area contributed by atoms with Crippen molar-refractivity contribution in [1.29, 1.82) is 0 Å². The van der Waals surface area contributed by atoms with E-state index in [9.17, 15) is 0 Å². The fraction of sp³-hybridized carbons (Fsp3) is 0.700. The molecule has 1 fully saturated rings. The largest absolute Gasteiger partial charge is 0.496 e. The Labute approximate surface area is 136 Å². The average Bonchev–Trinajstić information content (AvgIpc) is 3.06. The Morgan fingerprint density at radius 2 is 1.86 bits per heavy atom. The van der Waals surface area contributed by atoms with Gasteiger partial charge in [-0.05, 0) is 37.3 Å². The number of hydrogen-bond donors (Lipinski definition) is 0. The molecule has 1 saturated carbocycles. The molecule has 1 unspecified atom stereocenters. The molecule has 1 aromatic carbocycles. The molecule has 1 aliphatic carbocycles. The standard InChI is InChI=1S/C20H32O2/c1-4-5-6-12-18(17-10-7-8-11-17)15-22-20-14-9-13-19(21-3)16(20)2/h9,13-14,17-18H,4-8,10-12,15H2,1-3H3. The summed E-state index contributed by atoms with van der Waals surface area (Å²) in [6.07, 6.45) is 10.9. The molecule has 0 radical (unpaired) electrons. The molecule has 1 aromatic rings. The first-order chi connectivity index (χ1) is 10.8. The van der Waals surface area contributed by atoms with E-state index in [2.05, 4.69) is 19.9 Å². The first-order valence-electron chi connectivity index (χ1n) is 9.02. The molecule has 0 saturated heterocycles. The number of rotatable bonds is 9. The van der Waals surface area contributed by atoms with E-state index in [4.69, 9.17) is 9.47 Å². The van der Waals surface area contributed by atoms with Crippen molar-refractivity contribution in [2.75, 3.05) is 13.7 Å². The summed E-state index contributed by atoms with van der Waals surface area (Å²) in [4.78, 5) is 0. The number of unbranched alkanes of at least 4 members (excludes halogenated alkanes) is 2. The minimum Gasteiger partial charge on any atom is -0.496 e. The molecule has 0 amide bonds. The van der Waals surface area contributed by atoms with Crippen molar-refractivity contribution in [1.82, 2.24) is 0 Å². The molecule has 0 spiro atoms. The Hall–Kier alpha value is -1.18. The summed E-state index contributed by atoms with van der Waals surface area (Å²) in [5.41, 5.74) is 1.11. The van der Waals surface area contributed by atoms with Gasteiger partial charge in [0.05, 0.1) is 13.7 Å². The van der Waals surface area contributed by atoms with Gasteiger partial charge in [-0.25, -0.2) is 0 Å². The smallest absolute Gasteiger partial charge is 0.125 e. The predicted octanol–water partition coefficient (Wildman–Crippen LogP) is 5.77. The maximum Gasteiger partial charge on any atom is 0.125 e. The summed E-state index contributed by atoms with van der Waals surface area (Å²) in [5, 5.41) is 0. The van der Waals surface area contributed by atoms with Crippen molar-refractivity contribution < 1.29 is 9.47 Å². The molecular formula is C20H32O2. The summed E-state index contributed by atoms with van der Waals surface area (Å²) in [5.74, 6) is 3.50. The minimum absolute atomic E-state index is 0.722. The van der Waals surface area contributed by atoms with Crippen molar-refractivity contribution in [3.05, 3.63) is 23.8 Å². The van der Waals surface area contributed by atoms with Crippen LogP contribution in [0.1, 0.15) is 63.9 Å². The van der Waals surface area contributed by atoms with Gasteiger partial charge in [-0.1, -0.05) is 57.9 Å². The highest BCUT2D eigenvalue weighted by Crippen LogP contribution is 2.35. The average molecular weight is 304 g/mol. The molecule has 22 heavy (non-hydrogen) atoms. The van der Waals surface area contributed by atoms with Crippen molar-refractivity contribution in [2.45, 2.75) is 65.2 Å². The predicted molar refractivity (Wildman–Crippen MR) is 92.8 cm³/mol. The Balaban J connectivity index is 1.94. The van der Waals surface area contributed by atoms with E-state index in [1.165, 1.54) is 51.4 Å². The Morgan fingerprint density at radius 3 is 2.55 bits per heavy atom. The van der Waals surface area contributed by atoms with E-state index in [-0.39, 0.29) is 0 Å². The third-order valence-electron chi connectivity index (χ3n) is 5.15. The molecular weight excluding hydrogens is 272 g/mol. The Kier molecular flexibility index (Phi) is 7.08. The SMILES string of the molecule is CCCCCC(COc1cccc(OC)c1C)C1CCCC1. The zero-order valence-electron chi connectivity index (χ0n) is 14.6. The second kappa shape index (κ2) is 9.07. The monoisotopic (exact) mass is 304 g/mol. The molecule has 2 heteroatoms. The number of hydrogen-bond acceptors (Lipinski definition) is 2. The van der Waals surface area contributed by atoms with Gasteiger partial charge in [0, 0.05) is 5.56 Å².